The fourth-order valence-corrected chi connectivity index (χ4v) is 3.31. The summed E-state index contributed by atoms with van der Waals surface area (Å²) in [5.41, 5.74) is 1.17. The maximum absolute atomic E-state index is 10.5. The average molecular weight is 232 g/mol. The Hall–Kier alpha value is -0.860. The molecule has 2 heteroatoms. The molecule has 1 aromatic rings. The van der Waals surface area contributed by atoms with Crippen LogP contribution in [0.3, 0.4) is 0 Å². The molecule has 3 rings (SSSR count). The SMILES string of the molecule is OC1CC(c2ccccc2)C(O)[C@H](C2CC2)C1. The lowest BCUT2D eigenvalue weighted by Crippen LogP contribution is -2.39. The molecule has 0 aliphatic heterocycles. The third-order valence-corrected chi connectivity index (χ3v) is 4.38. The van der Waals surface area contributed by atoms with Gasteiger partial charge in [-0.1, -0.05) is 30.3 Å². The summed E-state index contributed by atoms with van der Waals surface area (Å²) in [6.07, 6.45) is 3.44. The molecule has 4 atom stereocenters. The molecule has 2 saturated carbocycles. The number of hydrogen-bond donors (Lipinski definition) is 2. The van der Waals surface area contributed by atoms with Gasteiger partial charge in [-0.15, -0.1) is 0 Å². The first-order valence-electron chi connectivity index (χ1n) is 6.67. The highest BCUT2D eigenvalue weighted by Crippen LogP contribution is 2.47. The van der Waals surface area contributed by atoms with Crippen molar-refractivity contribution in [3.8, 4) is 0 Å². The Kier molecular flexibility index (Phi) is 2.93. The lowest BCUT2D eigenvalue weighted by Gasteiger charge is -2.38. The summed E-state index contributed by atoms with van der Waals surface area (Å²) in [7, 11) is 0. The topological polar surface area (TPSA) is 40.5 Å². The monoisotopic (exact) mass is 232 g/mol. The Bertz CT molecular complexity index is 372. The van der Waals surface area contributed by atoms with Crippen molar-refractivity contribution in [2.45, 2.75) is 43.8 Å². The predicted octanol–water partition coefficient (Wildman–Crippen LogP) is 2.31. The van der Waals surface area contributed by atoms with Gasteiger partial charge >= 0.3 is 0 Å². The number of benzene rings is 1. The Morgan fingerprint density at radius 1 is 0.941 bits per heavy atom. The van der Waals surface area contributed by atoms with Gasteiger partial charge in [0.25, 0.3) is 0 Å². The minimum absolute atomic E-state index is 0.116. The first kappa shape index (κ1) is 11.2. The van der Waals surface area contributed by atoms with E-state index >= 15 is 0 Å². The second kappa shape index (κ2) is 4.43. The number of aliphatic hydroxyl groups excluding tert-OH is 2. The molecule has 0 saturated heterocycles. The summed E-state index contributed by atoms with van der Waals surface area (Å²) in [5, 5.41) is 20.5. The van der Waals surface area contributed by atoms with Gasteiger partial charge in [0.05, 0.1) is 12.2 Å². The first-order chi connectivity index (χ1) is 8.25. The zero-order chi connectivity index (χ0) is 11.8. The van der Waals surface area contributed by atoms with E-state index < -0.39 is 0 Å². The van der Waals surface area contributed by atoms with Crippen LogP contribution >= 0.6 is 0 Å². The molecule has 2 fully saturated rings. The first-order valence-corrected chi connectivity index (χ1v) is 6.67. The van der Waals surface area contributed by atoms with E-state index in [-0.39, 0.29) is 18.1 Å². The Morgan fingerprint density at radius 3 is 2.29 bits per heavy atom. The van der Waals surface area contributed by atoms with E-state index in [0.717, 1.165) is 6.42 Å². The zero-order valence-electron chi connectivity index (χ0n) is 10.00. The quantitative estimate of drug-likeness (QED) is 0.821. The summed E-state index contributed by atoms with van der Waals surface area (Å²) in [5.74, 6) is 1.08. The molecule has 0 amide bonds. The van der Waals surface area contributed by atoms with Crippen molar-refractivity contribution in [1.29, 1.82) is 0 Å². The number of rotatable bonds is 2. The molecule has 0 bridgehead atoms. The molecular formula is C15H20O2. The van der Waals surface area contributed by atoms with Crippen LogP contribution in [0.25, 0.3) is 0 Å². The Balaban J connectivity index is 1.83. The maximum Gasteiger partial charge on any atom is 0.0641 e. The van der Waals surface area contributed by atoms with Gasteiger partial charge in [-0.3, -0.25) is 0 Å². The van der Waals surface area contributed by atoms with Crippen LogP contribution in [0.2, 0.25) is 0 Å². The summed E-state index contributed by atoms with van der Waals surface area (Å²) in [4.78, 5) is 0. The van der Waals surface area contributed by atoms with Crippen LogP contribution < -0.4 is 0 Å². The van der Waals surface area contributed by atoms with Crippen LogP contribution in [0.5, 0.6) is 0 Å². The molecule has 2 nitrogen and oxygen atoms in total. The third kappa shape index (κ3) is 2.24. The molecule has 2 aliphatic carbocycles. The van der Waals surface area contributed by atoms with Crippen molar-refractivity contribution in [2.24, 2.45) is 11.8 Å². The predicted molar refractivity (Wildman–Crippen MR) is 66.6 cm³/mol. The van der Waals surface area contributed by atoms with Gasteiger partial charge in [0.2, 0.25) is 0 Å². The molecule has 0 radical (unpaired) electrons. The summed E-state index contributed by atoms with van der Waals surface area (Å²) in [6, 6.07) is 10.1. The lowest BCUT2D eigenvalue weighted by atomic mass is 9.72. The van der Waals surface area contributed by atoms with Crippen LogP contribution in [-0.2, 0) is 0 Å². The van der Waals surface area contributed by atoms with Crippen LogP contribution in [0.4, 0.5) is 0 Å². The molecule has 0 aromatic heterocycles. The fraction of sp³-hybridized carbons (Fsp3) is 0.600. The van der Waals surface area contributed by atoms with Crippen molar-refractivity contribution in [3.63, 3.8) is 0 Å². The minimum atomic E-state index is -0.270. The van der Waals surface area contributed by atoms with Crippen molar-refractivity contribution < 1.29 is 10.2 Å². The lowest BCUT2D eigenvalue weighted by molar-refractivity contribution is -0.0185. The third-order valence-electron chi connectivity index (χ3n) is 4.38. The molecule has 17 heavy (non-hydrogen) atoms. The van der Waals surface area contributed by atoms with Crippen molar-refractivity contribution in [3.05, 3.63) is 35.9 Å². The summed E-state index contributed by atoms with van der Waals surface area (Å²) >= 11 is 0. The smallest absolute Gasteiger partial charge is 0.0641 e. The van der Waals surface area contributed by atoms with E-state index in [2.05, 4.69) is 12.1 Å². The van der Waals surface area contributed by atoms with E-state index in [1.807, 2.05) is 18.2 Å². The number of hydrogen-bond acceptors (Lipinski definition) is 2. The van der Waals surface area contributed by atoms with Gasteiger partial charge in [-0.2, -0.15) is 0 Å². The Morgan fingerprint density at radius 2 is 1.65 bits per heavy atom. The molecule has 0 spiro atoms. The zero-order valence-corrected chi connectivity index (χ0v) is 10.00. The standard InChI is InChI=1S/C15H20O2/c16-12-8-13(10-4-2-1-3-5-10)15(17)14(9-12)11-6-7-11/h1-5,11-17H,6-9H2/t12?,13?,14-,15?/m0/s1. The molecular weight excluding hydrogens is 212 g/mol. The van der Waals surface area contributed by atoms with Gasteiger partial charge in [-0.25, -0.2) is 0 Å². The van der Waals surface area contributed by atoms with E-state index in [1.54, 1.807) is 0 Å². The van der Waals surface area contributed by atoms with E-state index in [0.29, 0.717) is 18.3 Å². The molecule has 2 N–H and O–H groups in total. The molecule has 3 unspecified atom stereocenters. The molecule has 92 valence electrons. The van der Waals surface area contributed by atoms with Crippen LogP contribution in [0.15, 0.2) is 30.3 Å². The van der Waals surface area contributed by atoms with Crippen molar-refractivity contribution >= 4 is 0 Å². The van der Waals surface area contributed by atoms with Gasteiger partial charge in [0, 0.05) is 5.92 Å². The largest absolute Gasteiger partial charge is 0.393 e. The van der Waals surface area contributed by atoms with Crippen LogP contribution in [0.1, 0.15) is 37.2 Å². The highest BCUT2D eigenvalue weighted by molar-refractivity contribution is 5.22. The number of aliphatic hydroxyl groups is 2. The molecule has 1 aromatic carbocycles. The Labute approximate surface area is 102 Å². The highest BCUT2D eigenvalue weighted by atomic mass is 16.3. The average Bonchev–Trinajstić information content (AvgIpc) is 3.17. The maximum atomic E-state index is 10.5. The van der Waals surface area contributed by atoms with Gasteiger partial charge in [-0.05, 0) is 43.1 Å². The summed E-state index contributed by atoms with van der Waals surface area (Å²) < 4.78 is 0. The van der Waals surface area contributed by atoms with Crippen molar-refractivity contribution in [2.75, 3.05) is 0 Å². The normalized spacial score (nSPS) is 38.0. The second-order valence-corrected chi connectivity index (χ2v) is 5.63. The minimum Gasteiger partial charge on any atom is -0.393 e. The highest BCUT2D eigenvalue weighted by Gasteiger charge is 2.44. The summed E-state index contributed by atoms with van der Waals surface area (Å²) in [6.45, 7) is 0. The molecule has 2 aliphatic rings. The van der Waals surface area contributed by atoms with Crippen LogP contribution in [-0.4, -0.2) is 22.4 Å². The van der Waals surface area contributed by atoms with Gasteiger partial charge in [0.15, 0.2) is 0 Å². The van der Waals surface area contributed by atoms with Crippen molar-refractivity contribution in [1.82, 2.24) is 0 Å². The van der Waals surface area contributed by atoms with Gasteiger partial charge < -0.3 is 10.2 Å². The fourth-order valence-electron chi connectivity index (χ4n) is 3.31. The van der Waals surface area contributed by atoms with Gasteiger partial charge in [0.1, 0.15) is 0 Å². The van der Waals surface area contributed by atoms with E-state index in [1.165, 1.54) is 18.4 Å². The van der Waals surface area contributed by atoms with E-state index in [4.69, 9.17) is 0 Å². The molecule has 0 heterocycles. The second-order valence-electron chi connectivity index (χ2n) is 5.63. The van der Waals surface area contributed by atoms with Crippen LogP contribution in [0, 0.1) is 11.8 Å². The van der Waals surface area contributed by atoms with E-state index in [9.17, 15) is 10.2 Å².